The Kier molecular flexibility index (Phi) is 5.68. The Labute approximate surface area is 116 Å². The fourth-order valence-corrected chi connectivity index (χ4v) is 3.12. The number of hydrogen-bond donors (Lipinski definition) is 0. The first-order valence-corrected chi connectivity index (χ1v) is 7.84. The lowest BCUT2D eigenvalue weighted by molar-refractivity contribution is -0.139. The van der Waals surface area contributed by atoms with Crippen molar-refractivity contribution in [2.45, 2.75) is 70.3 Å². The minimum absolute atomic E-state index is 0.0938. The predicted octanol–water partition coefficient (Wildman–Crippen LogP) is 4.56. The molecule has 1 aliphatic carbocycles. The molecular formula is C17H26O2. The SMILES string of the molecule is C=C1C(=O)O[C@@H]2CCC/C=C/CCCCCCC[C@@H]12. The third-order valence-corrected chi connectivity index (χ3v) is 4.33. The lowest BCUT2D eigenvalue weighted by Crippen LogP contribution is -2.16. The smallest absolute Gasteiger partial charge is 0.334 e. The van der Waals surface area contributed by atoms with Crippen LogP contribution in [0.3, 0.4) is 0 Å². The summed E-state index contributed by atoms with van der Waals surface area (Å²) in [6, 6.07) is 0. The van der Waals surface area contributed by atoms with Crippen molar-refractivity contribution in [3.05, 3.63) is 24.3 Å². The monoisotopic (exact) mass is 262 g/mol. The molecule has 0 aromatic heterocycles. The van der Waals surface area contributed by atoms with Crippen molar-refractivity contribution in [2.75, 3.05) is 0 Å². The summed E-state index contributed by atoms with van der Waals surface area (Å²) in [5, 5.41) is 0. The number of esters is 1. The summed E-state index contributed by atoms with van der Waals surface area (Å²) in [4.78, 5) is 11.6. The zero-order valence-electron chi connectivity index (χ0n) is 11.9. The first-order valence-electron chi connectivity index (χ1n) is 7.84. The lowest BCUT2D eigenvalue weighted by atomic mass is 9.88. The molecule has 2 rings (SSSR count). The fourth-order valence-electron chi connectivity index (χ4n) is 3.12. The molecule has 1 heterocycles. The van der Waals surface area contributed by atoms with Crippen molar-refractivity contribution in [1.82, 2.24) is 0 Å². The van der Waals surface area contributed by atoms with Crippen LogP contribution >= 0.6 is 0 Å². The van der Waals surface area contributed by atoms with Crippen LogP contribution in [-0.4, -0.2) is 12.1 Å². The largest absolute Gasteiger partial charge is 0.458 e. The van der Waals surface area contributed by atoms with Gasteiger partial charge in [-0.3, -0.25) is 0 Å². The molecule has 19 heavy (non-hydrogen) atoms. The minimum atomic E-state index is -0.158. The highest BCUT2D eigenvalue weighted by molar-refractivity contribution is 5.90. The molecule has 1 fully saturated rings. The standard InChI is InChI=1S/C17H26O2/c1-14-15-12-10-8-6-4-2-3-5-7-9-11-13-16(15)19-17(14)18/h5,7,15-16H,1-4,6,8-13H2/b7-5+/t15-,16+/m0/s1. The number of hydrogen-bond acceptors (Lipinski definition) is 2. The molecule has 1 saturated heterocycles. The number of carbonyl (C=O) groups excluding carboxylic acids is 1. The van der Waals surface area contributed by atoms with Gasteiger partial charge in [-0.05, 0) is 38.5 Å². The Morgan fingerprint density at radius 1 is 0.947 bits per heavy atom. The van der Waals surface area contributed by atoms with Gasteiger partial charge in [0.25, 0.3) is 0 Å². The van der Waals surface area contributed by atoms with E-state index in [0.29, 0.717) is 5.57 Å². The maximum Gasteiger partial charge on any atom is 0.334 e. The van der Waals surface area contributed by atoms with Gasteiger partial charge in [0.2, 0.25) is 0 Å². The van der Waals surface area contributed by atoms with Crippen LogP contribution in [0.4, 0.5) is 0 Å². The fraction of sp³-hybridized carbons (Fsp3) is 0.706. The van der Waals surface area contributed by atoms with Crippen LogP contribution in [0.25, 0.3) is 0 Å². The third-order valence-electron chi connectivity index (χ3n) is 4.33. The predicted molar refractivity (Wildman–Crippen MR) is 77.8 cm³/mol. The summed E-state index contributed by atoms with van der Waals surface area (Å²) in [5.74, 6) is 0.120. The summed E-state index contributed by atoms with van der Waals surface area (Å²) >= 11 is 0. The highest BCUT2D eigenvalue weighted by Gasteiger charge is 2.37. The Bertz CT molecular complexity index is 343. The van der Waals surface area contributed by atoms with Crippen molar-refractivity contribution in [1.29, 1.82) is 0 Å². The van der Waals surface area contributed by atoms with E-state index in [9.17, 15) is 4.79 Å². The second kappa shape index (κ2) is 7.52. The second-order valence-electron chi connectivity index (χ2n) is 5.82. The Balaban J connectivity index is 1.92. The first-order chi connectivity index (χ1) is 9.29. The number of carbonyl (C=O) groups is 1. The highest BCUT2D eigenvalue weighted by atomic mass is 16.6. The maximum absolute atomic E-state index is 11.6. The molecule has 2 aliphatic rings. The molecule has 2 heteroatoms. The van der Waals surface area contributed by atoms with E-state index in [1.807, 2.05) is 0 Å². The van der Waals surface area contributed by atoms with E-state index in [2.05, 4.69) is 18.7 Å². The minimum Gasteiger partial charge on any atom is -0.458 e. The van der Waals surface area contributed by atoms with Gasteiger partial charge in [0.15, 0.2) is 0 Å². The van der Waals surface area contributed by atoms with Gasteiger partial charge >= 0.3 is 5.97 Å². The summed E-state index contributed by atoms with van der Waals surface area (Å²) < 4.78 is 5.47. The van der Waals surface area contributed by atoms with Crippen LogP contribution in [-0.2, 0) is 9.53 Å². The normalized spacial score (nSPS) is 32.2. The van der Waals surface area contributed by atoms with Crippen LogP contribution in [0.5, 0.6) is 0 Å². The molecule has 0 unspecified atom stereocenters. The number of fused-ring (bicyclic) bond motifs is 1. The van der Waals surface area contributed by atoms with Crippen molar-refractivity contribution in [3.63, 3.8) is 0 Å². The second-order valence-corrected chi connectivity index (χ2v) is 5.82. The van der Waals surface area contributed by atoms with Crippen LogP contribution in [0.15, 0.2) is 24.3 Å². The summed E-state index contributed by atoms with van der Waals surface area (Å²) in [5.41, 5.74) is 0.715. The molecule has 0 radical (unpaired) electrons. The van der Waals surface area contributed by atoms with Crippen LogP contribution in [0.1, 0.15) is 64.2 Å². The molecule has 106 valence electrons. The molecular weight excluding hydrogens is 236 g/mol. The van der Waals surface area contributed by atoms with Gasteiger partial charge in [-0.25, -0.2) is 4.79 Å². The first kappa shape index (κ1) is 14.4. The van der Waals surface area contributed by atoms with Gasteiger partial charge < -0.3 is 4.74 Å². The van der Waals surface area contributed by atoms with Crippen LogP contribution < -0.4 is 0 Å². The van der Waals surface area contributed by atoms with Crippen LogP contribution in [0, 0.1) is 5.92 Å². The molecule has 2 nitrogen and oxygen atoms in total. The van der Waals surface area contributed by atoms with E-state index in [1.165, 1.54) is 38.5 Å². The molecule has 0 bridgehead atoms. The van der Waals surface area contributed by atoms with E-state index in [0.717, 1.165) is 25.7 Å². The van der Waals surface area contributed by atoms with E-state index < -0.39 is 0 Å². The van der Waals surface area contributed by atoms with Crippen molar-refractivity contribution < 1.29 is 9.53 Å². The highest BCUT2D eigenvalue weighted by Crippen LogP contribution is 2.34. The van der Waals surface area contributed by atoms with E-state index in [4.69, 9.17) is 4.74 Å². The summed E-state index contributed by atoms with van der Waals surface area (Å²) in [6.45, 7) is 3.93. The van der Waals surface area contributed by atoms with Gasteiger partial charge in [0.05, 0.1) is 0 Å². The zero-order chi connectivity index (χ0) is 13.5. The zero-order valence-corrected chi connectivity index (χ0v) is 11.9. The average molecular weight is 262 g/mol. The maximum atomic E-state index is 11.6. The van der Waals surface area contributed by atoms with Crippen molar-refractivity contribution in [2.24, 2.45) is 5.92 Å². The van der Waals surface area contributed by atoms with Gasteiger partial charge in [0, 0.05) is 11.5 Å². The van der Waals surface area contributed by atoms with Gasteiger partial charge in [-0.2, -0.15) is 0 Å². The topological polar surface area (TPSA) is 26.3 Å². The van der Waals surface area contributed by atoms with E-state index >= 15 is 0 Å². The van der Waals surface area contributed by atoms with E-state index in [1.54, 1.807) is 0 Å². The summed E-state index contributed by atoms with van der Waals surface area (Å²) in [6.07, 6.45) is 16.6. The van der Waals surface area contributed by atoms with Gasteiger partial charge in [0.1, 0.15) is 6.10 Å². The quantitative estimate of drug-likeness (QED) is 0.363. The molecule has 0 amide bonds. The summed E-state index contributed by atoms with van der Waals surface area (Å²) in [7, 11) is 0. The average Bonchev–Trinajstić information content (AvgIpc) is 2.67. The molecule has 0 saturated carbocycles. The third kappa shape index (κ3) is 4.22. The Morgan fingerprint density at radius 3 is 2.47 bits per heavy atom. The Morgan fingerprint density at radius 2 is 1.63 bits per heavy atom. The van der Waals surface area contributed by atoms with Crippen molar-refractivity contribution >= 4 is 5.97 Å². The number of allylic oxidation sites excluding steroid dienone is 2. The van der Waals surface area contributed by atoms with Crippen LogP contribution in [0.2, 0.25) is 0 Å². The molecule has 0 aromatic carbocycles. The van der Waals surface area contributed by atoms with Gasteiger partial charge in [-0.15, -0.1) is 0 Å². The number of rotatable bonds is 0. The molecule has 0 N–H and O–H groups in total. The molecule has 0 aromatic rings. The molecule has 2 atom stereocenters. The molecule has 0 spiro atoms. The van der Waals surface area contributed by atoms with Gasteiger partial charge in [-0.1, -0.05) is 44.4 Å². The molecule has 1 aliphatic heterocycles. The van der Waals surface area contributed by atoms with Crippen molar-refractivity contribution in [3.8, 4) is 0 Å². The van der Waals surface area contributed by atoms with E-state index in [-0.39, 0.29) is 18.0 Å². The Hall–Kier alpha value is -1.05. The number of ether oxygens (including phenoxy) is 1. The lowest BCUT2D eigenvalue weighted by Gasteiger charge is -2.17.